The molecule has 0 aliphatic rings. The molecule has 1 heterocycles. The monoisotopic (exact) mass is 213 g/mol. The maximum Gasteiger partial charge on any atom is 0.140 e. The van der Waals surface area contributed by atoms with Crippen LogP contribution in [0.15, 0.2) is 10.6 Å². The summed E-state index contributed by atoms with van der Waals surface area (Å²) in [5, 5.41) is 3.97. The second-order valence-corrected chi connectivity index (χ2v) is 4.71. The van der Waals surface area contributed by atoms with E-state index in [1.807, 2.05) is 6.07 Å². The zero-order valence-electron chi connectivity index (χ0n) is 9.32. The van der Waals surface area contributed by atoms with E-state index in [1.165, 1.54) is 0 Å². The van der Waals surface area contributed by atoms with Crippen molar-refractivity contribution < 1.29 is 4.52 Å². The maximum atomic E-state index is 5.34. The SMILES string of the molecule is CC(C)C(c1cc(CS)no1)C(C)C. The molecule has 3 heteroatoms. The zero-order chi connectivity index (χ0) is 10.7. The van der Waals surface area contributed by atoms with Gasteiger partial charge in [0.1, 0.15) is 5.76 Å². The van der Waals surface area contributed by atoms with Crippen LogP contribution in [0.4, 0.5) is 0 Å². The molecule has 0 aliphatic carbocycles. The number of hydrogen-bond acceptors (Lipinski definition) is 3. The van der Waals surface area contributed by atoms with Crippen LogP contribution in [0.5, 0.6) is 0 Å². The molecule has 1 aromatic heterocycles. The van der Waals surface area contributed by atoms with Crippen molar-refractivity contribution in [3.05, 3.63) is 17.5 Å². The molecule has 0 saturated carbocycles. The number of aromatic nitrogens is 1. The number of hydrogen-bond donors (Lipinski definition) is 1. The first-order valence-corrected chi connectivity index (χ1v) is 5.75. The van der Waals surface area contributed by atoms with E-state index in [1.54, 1.807) is 0 Å². The third kappa shape index (κ3) is 2.53. The van der Waals surface area contributed by atoms with E-state index in [-0.39, 0.29) is 0 Å². The van der Waals surface area contributed by atoms with Gasteiger partial charge >= 0.3 is 0 Å². The summed E-state index contributed by atoms with van der Waals surface area (Å²) in [6, 6.07) is 2.03. The first kappa shape index (κ1) is 11.6. The van der Waals surface area contributed by atoms with Crippen LogP contribution < -0.4 is 0 Å². The van der Waals surface area contributed by atoms with Crippen molar-refractivity contribution in [2.75, 3.05) is 0 Å². The van der Waals surface area contributed by atoms with Crippen molar-refractivity contribution >= 4 is 12.6 Å². The molecule has 0 fully saturated rings. The Labute approximate surface area is 91.5 Å². The summed E-state index contributed by atoms with van der Waals surface area (Å²) >= 11 is 4.17. The lowest BCUT2D eigenvalue weighted by molar-refractivity contribution is 0.284. The third-order valence-corrected chi connectivity index (χ3v) is 2.83. The average molecular weight is 213 g/mol. The highest BCUT2D eigenvalue weighted by Crippen LogP contribution is 2.32. The van der Waals surface area contributed by atoms with E-state index in [4.69, 9.17) is 4.52 Å². The highest BCUT2D eigenvalue weighted by molar-refractivity contribution is 7.79. The molecule has 2 nitrogen and oxygen atoms in total. The minimum absolute atomic E-state index is 0.455. The van der Waals surface area contributed by atoms with Gasteiger partial charge < -0.3 is 4.52 Å². The lowest BCUT2D eigenvalue weighted by atomic mass is 9.83. The van der Waals surface area contributed by atoms with Crippen LogP contribution in [-0.2, 0) is 5.75 Å². The quantitative estimate of drug-likeness (QED) is 0.775. The molecule has 0 atom stereocenters. The van der Waals surface area contributed by atoms with E-state index in [0.717, 1.165) is 11.5 Å². The van der Waals surface area contributed by atoms with E-state index in [9.17, 15) is 0 Å². The topological polar surface area (TPSA) is 26.0 Å². The van der Waals surface area contributed by atoms with Crippen LogP contribution in [0, 0.1) is 11.8 Å². The van der Waals surface area contributed by atoms with Gasteiger partial charge in [-0.1, -0.05) is 32.9 Å². The molecule has 1 rings (SSSR count). The van der Waals surface area contributed by atoms with Crippen LogP contribution in [0.25, 0.3) is 0 Å². The smallest absolute Gasteiger partial charge is 0.140 e. The predicted molar refractivity (Wildman–Crippen MR) is 61.6 cm³/mol. The van der Waals surface area contributed by atoms with Gasteiger partial charge in [-0.3, -0.25) is 0 Å². The van der Waals surface area contributed by atoms with Crippen molar-refractivity contribution in [1.82, 2.24) is 5.16 Å². The van der Waals surface area contributed by atoms with Gasteiger partial charge in [-0.15, -0.1) is 0 Å². The van der Waals surface area contributed by atoms with Crippen LogP contribution in [0.3, 0.4) is 0 Å². The molecule has 0 spiro atoms. The molecule has 0 aromatic carbocycles. The van der Waals surface area contributed by atoms with Crippen molar-refractivity contribution in [3.63, 3.8) is 0 Å². The number of nitrogens with zero attached hydrogens (tertiary/aromatic N) is 1. The molecule has 80 valence electrons. The van der Waals surface area contributed by atoms with Crippen molar-refractivity contribution in [1.29, 1.82) is 0 Å². The fourth-order valence-electron chi connectivity index (χ4n) is 1.99. The zero-order valence-corrected chi connectivity index (χ0v) is 10.2. The van der Waals surface area contributed by atoms with E-state index < -0.39 is 0 Å². The van der Waals surface area contributed by atoms with E-state index >= 15 is 0 Å². The van der Waals surface area contributed by atoms with Crippen LogP contribution in [0.2, 0.25) is 0 Å². The molecule has 0 saturated heterocycles. The Bertz CT molecular complexity index is 273. The van der Waals surface area contributed by atoms with Gasteiger partial charge in [-0.25, -0.2) is 0 Å². The lowest BCUT2D eigenvalue weighted by Crippen LogP contribution is -2.12. The van der Waals surface area contributed by atoms with Gasteiger partial charge in [0.25, 0.3) is 0 Å². The summed E-state index contributed by atoms with van der Waals surface area (Å²) in [6.07, 6.45) is 0. The summed E-state index contributed by atoms with van der Waals surface area (Å²) in [4.78, 5) is 0. The average Bonchev–Trinajstić information content (AvgIpc) is 2.51. The Kier molecular flexibility index (Phi) is 4.05. The largest absolute Gasteiger partial charge is 0.361 e. The Balaban J connectivity index is 2.88. The van der Waals surface area contributed by atoms with Crippen LogP contribution >= 0.6 is 12.6 Å². The van der Waals surface area contributed by atoms with Crippen molar-refractivity contribution in [2.45, 2.75) is 39.4 Å². The van der Waals surface area contributed by atoms with E-state index in [2.05, 4.69) is 45.5 Å². The summed E-state index contributed by atoms with van der Waals surface area (Å²) < 4.78 is 5.34. The first-order valence-electron chi connectivity index (χ1n) is 5.12. The predicted octanol–water partition coefficient (Wildman–Crippen LogP) is 3.50. The van der Waals surface area contributed by atoms with Crippen LogP contribution in [-0.4, -0.2) is 5.16 Å². The van der Waals surface area contributed by atoms with Crippen LogP contribution in [0.1, 0.15) is 45.1 Å². The van der Waals surface area contributed by atoms with E-state index in [0.29, 0.717) is 23.5 Å². The fourth-order valence-corrected chi connectivity index (χ4v) is 2.14. The molecule has 0 N–H and O–H groups in total. The van der Waals surface area contributed by atoms with Gasteiger partial charge in [0.15, 0.2) is 0 Å². The molecule has 14 heavy (non-hydrogen) atoms. The minimum atomic E-state index is 0.455. The molecular weight excluding hydrogens is 194 g/mol. The summed E-state index contributed by atoms with van der Waals surface area (Å²) in [5.41, 5.74) is 0.926. The normalized spacial score (nSPS) is 12.0. The molecule has 0 amide bonds. The maximum absolute atomic E-state index is 5.34. The van der Waals surface area contributed by atoms with Gasteiger partial charge in [0.05, 0.1) is 5.69 Å². The highest BCUT2D eigenvalue weighted by Gasteiger charge is 2.23. The molecular formula is C11H19NOS. The Hall–Kier alpha value is -0.440. The number of thiol groups is 1. The van der Waals surface area contributed by atoms with Crippen molar-refractivity contribution in [3.8, 4) is 0 Å². The van der Waals surface area contributed by atoms with Gasteiger partial charge in [-0.05, 0) is 11.8 Å². The summed E-state index contributed by atoms with van der Waals surface area (Å²) in [5.74, 6) is 3.26. The van der Waals surface area contributed by atoms with Gasteiger partial charge in [-0.2, -0.15) is 12.6 Å². The second-order valence-electron chi connectivity index (χ2n) is 4.39. The minimum Gasteiger partial charge on any atom is -0.361 e. The first-order chi connectivity index (χ1) is 6.56. The summed E-state index contributed by atoms with van der Waals surface area (Å²) in [7, 11) is 0. The second kappa shape index (κ2) is 4.87. The highest BCUT2D eigenvalue weighted by atomic mass is 32.1. The van der Waals surface area contributed by atoms with Gasteiger partial charge in [0.2, 0.25) is 0 Å². The molecule has 0 radical (unpaired) electrons. The van der Waals surface area contributed by atoms with Crippen molar-refractivity contribution in [2.24, 2.45) is 11.8 Å². The lowest BCUT2D eigenvalue weighted by Gasteiger charge is -2.21. The fraction of sp³-hybridized carbons (Fsp3) is 0.727. The number of rotatable bonds is 4. The Morgan fingerprint density at radius 1 is 1.29 bits per heavy atom. The Morgan fingerprint density at radius 3 is 2.21 bits per heavy atom. The third-order valence-electron chi connectivity index (χ3n) is 2.50. The summed E-state index contributed by atoms with van der Waals surface area (Å²) in [6.45, 7) is 8.86. The standard InChI is InChI=1S/C11H19NOS/c1-7(2)11(8(3)4)10-5-9(6-14)12-13-10/h5,7-8,11,14H,6H2,1-4H3. The molecule has 0 bridgehead atoms. The van der Waals surface area contributed by atoms with Gasteiger partial charge in [0, 0.05) is 17.7 Å². The molecule has 1 aromatic rings. The molecule has 0 aliphatic heterocycles. The Morgan fingerprint density at radius 2 is 1.86 bits per heavy atom. The molecule has 0 unspecified atom stereocenters.